The molecule has 10 heteroatoms. The topological polar surface area (TPSA) is 139 Å². The van der Waals surface area contributed by atoms with Gasteiger partial charge in [-0.2, -0.15) is 4.72 Å². The first-order valence-electron chi connectivity index (χ1n) is 10.6. The summed E-state index contributed by atoms with van der Waals surface area (Å²) in [4.78, 5) is 35.3. The zero-order valence-electron chi connectivity index (χ0n) is 18.8. The van der Waals surface area contributed by atoms with Gasteiger partial charge in [-0.3, -0.25) is 9.59 Å². The number of carboxylic acid groups (broad SMARTS) is 1. The van der Waals surface area contributed by atoms with Gasteiger partial charge in [-0.1, -0.05) is 42.5 Å². The monoisotopic (exact) mass is 496 g/mol. The highest BCUT2D eigenvalue weighted by atomic mass is 32.2. The second kappa shape index (κ2) is 11.4. The van der Waals surface area contributed by atoms with Gasteiger partial charge in [0.05, 0.1) is 17.6 Å². The van der Waals surface area contributed by atoms with Gasteiger partial charge in [0.25, 0.3) is 0 Å². The van der Waals surface area contributed by atoms with Gasteiger partial charge in [-0.05, 0) is 53.9 Å². The van der Waals surface area contributed by atoms with Crippen LogP contribution in [0.4, 0.5) is 5.69 Å². The average molecular weight is 497 g/mol. The van der Waals surface area contributed by atoms with Crippen molar-refractivity contribution in [3.05, 3.63) is 84.4 Å². The highest BCUT2D eigenvalue weighted by Crippen LogP contribution is 2.21. The number of carbonyl (C=O) groups is 3. The quantitative estimate of drug-likeness (QED) is 0.366. The van der Waals surface area contributed by atoms with Crippen LogP contribution in [0.2, 0.25) is 0 Å². The molecule has 1 atom stereocenters. The zero-order valence-corrected chi connectivity index (χ0v) is 19.6. The van der Waals surface area contributed by atoms with E-state index in [0.717, 1.165) is 11.1 Å². The van der Waals surface area contributed by atoms with Crippen molar-refractivity contribution in [2.24, 2.45) is 0 Å². The summed E-state index contributed by atoms with van der Waals surface area (Å²) in [5, 5.41) is 12.1. The van der Waals surface area contributed by atoms with Crippen LogP contribution in [0.1, 0.15) is 23.2 Å². The number of methoxy groups -OCH3 is 1. The van der Waals surface area contributed by atoms with Gasteiger partial charge >= 0.3 is 11.9 Å². The van der Waals surface area contributed by atoms with Crippen LogP contribution >= 0.6 is 0 Å². The van der Waals surface area contributed by atoms with E-state index in [4.69, 9.17) is 0 Å². The Morgan fingerprint density at radius 1 is 0.886 bits per heavy atom. The number of nitrogens with one attached hydrogen (secondary N) is 2. The molecule has 0 spiro atoms. The number of hydrogen-bond acceptors (Lipinski definition) is 6. The Labute approximate surface area is 202 Å². The molecule has 3 rings (SSSR count). The lowest BCUT2D eigenvalue weighted by Gasteiger charge is -2.15. The van der Waals surface area contributed by atoms with E-state index in [1.54, 1.807) is 12.1 Å². The third kappa shape index (κ3) is 6.98. The van der Waals surface area contributed by atoms with Crippen molar-refractivity contribution in [1.29, 1.82) is 0 Å². The van der Waals surface area contributed by atoms with Crippen molar-refractivity contribution < 1.29 is 32.6 Å². The molecule has 0 heterocycles. The molecule has 0 saturated carbocycles. The van der Waals surface area contributed by atoms with Crippen molar-refractivity contribution in [3.63, 3.8) is 0 Å². The van der Waals surface area contributed by atoms with Crippen LogP contribution in [0, 0.1) is 0 Å². The largest absolute Gasteiger partial charge is 0.480 e. The number of aliphatic carboxylic acids is 1. The lowest BCUT2D eigenvalue weighted by molar-refractivity contribution is -0.139. The van der Waals surface area contributed by atoms with E-state index in [1.165, 1.54) is 43.5 Å². The smallest absolute Gasteiger partial charge is 0.337 e. The number of ether oxygens (including phenoxy) is 1. The minimum absolute atomic E-state index is 0.0846. The molecule has 0 aliphatic rings. The Hall–Kier alpha value is -4.02. The van der Waals surface area contributed by atoms with E-state index >= 15 is 0 Å². The number of benzene rings is 3. The minimum Gasteiger partial charge on any atom is -0.480 e. The molecule has 3 aromatic rings. The number of rotatable bonds is 10. The van der Waals surface area contributed by atoms with E-state index in [-0.39, 0.29) is 17.7 Å². The fraction of sp³-hybridized carbons (Fsp3) is 0.160. The molecule has 0 radical (unpaired) electrons. The molecule has 1 amide bonds. The third-order valence-electron chi connectivity index (χ3n) is 5.12. The number of sulfonamides is 1. The number of esters is 1. The fourth-order valence-corrected chi connectivity index (χ4v) is 4.48. The molecule has 3 N–H and O–H groups in total. The van der Waals surface area contributed by atoms with Crippen LogP contribution in [-0.4, -0.2) is 44.5 Å². The Balaban J connectivity index is 1.60. The molecule has 182 valence electrons. The summed E-state index contributed by atoms with van der Waals surface area (Å²) in [7, 11) is -2.88. The molecule has 0 saturated heterocycles. The Morgan fingerprint density at radius 3 is 2.06 bits per heavy atom. The van der Waals surface area contributed by atoms with E-state index in [9.17, 15) is 27.9 Å². The molecule has 9 nitrogen and oxygen atoms in total. The van der Waals surface area contributed by atoms with Crippen molar-refractivity contribution >= 4 is 33.6 Å². The number of hydrogen-bond donors (Lipinski definition) is 3. The van der Waals surface area contributed by atoms with Gasteiger partial charge in [0.2, 0.25) is 15.9 Å². The zero-order chi connectivity index (χ0) is 25.4. The molecule has 0 bridgehead atoms. The van der Waals surface area contributed by atoms with Gasteiger partial charge in [-0.25, -0.2) is 13.2 Å². The lowest BCUT2D eigenvalue weighted by Crippen LogP contribution is -2.41. The van der Waals surface area contributed by atoms with Crippen molar-refractivity contribution in [2.75, 3.05) is 12.4 Å². The maximum atomic E-state index is 12.7. The molecule has 0 unspecified atom stereocenters. The van der Waals surface area contributed by atoms with Gasteiger partial charge in [-0.15, -0.1) is 0 Å². The van der Waals surface area contributed by atoms with Crippen molar-refractivity contribution in [1.82, 2.24) is 4.72 Å². The number of carboxylic acids is 1. The molecule has 3 aromatic carbocycles. The highest BCUT2D eigenvalue weighted by molar-refractivity contribution is 7.89. The highest BCUT2D eigenvalue weighted by Gasteiger charge is 2.26. The lowest BCUT2D eigenvalue weighted by atomic mass is 10.1. The summed E-state index contributed by atoms with van der Waals surface area (Å²) in [6.07, 6.45) is -0.506. The van der Waals surface area contributed by atoms with E-state index in [1.807, 2.05) is 30.3 Å². The Kier molecular flexibility index (Phi) is 8.34. The van der Waals surface area contributed by atoms with Crippen LogP contribution in [0.3, 0.4) is 0 Å². The van der Waals surface area contributed by atoms with Crippen LogP contribution in [0.15, 0.2) is 83.8 Å². The normalized spacial score (nSPS) is 11.9. The fourth-order valence-electron chi connectivity index (χ4n) is 3.25. The number of carbonyl (C=O) groups excluding carboxylic acids is 2. The van der Waals surface area contributed by atoms with Crippen molar-refractivity contribution in [2.45, 2.75) is 23.8 Å². The van der Waals surface area contributed by atoms with Gasteiger partial charge in [0.1, 0.15) is 6.04 Å². The van der Waals surface area contributed by atoms with Crippen LogP contribution in [0.25, 0.3) is 11.1 Å². The predicted molar refractivity (Wildman–Crippen MR) is 129 cm³/mol. The van der Waals surface area contributed by atoms with Crippen LogP contribution in [-0.2, 0) is 24.3 Å². The van der Waals surface area contributed by atoms with Crippen LogP contribution in [0.5, 0.6) is 0 Å². The van der Waals surface area contributed by atoms with E-state index < -0.39 is 33.9 Å². The minimum atomic E-state index is -4.13. The van der Waals surface area contributed by atoms with E-state index in [0.29, 0.717) is 11.3 Å². The second-order valence-corrected chi connectivity index (χ2v) is 9.27. The summed E-state index contributed by atoms with van der Waals surface area (Å²) in [6, 6.07) is 19.9. The molecule has 0 fully saturated rings. The maximum absolute atomic E-state index is 12.7. The molecule has 0 aliphatic carbocycles. The molecule has 0 aromatic heterocycles. The first kappa shape index (κ1) is 25.6. The summed E-state index contributed by atoms with van der Waals surface area (Å²) >= 11 is 0. The van der Waals surface area contributed by atoms with E-state index in [2.05, 4.69) is 14.8 Å². The SMILES string of the molecule is COC(=O)c1ccc(NC(=O)CC[C@H](NS(=O)(=O)c2ccc(-c3ccccc3)cc2)C(=O)O)cc1. The number of anilines is 1. The average Bonchev–Trinajstić information content (AvgIpc) is 2.87. The standard InChI is InChI=1S/C25H24N2O7S/c1-34-25(31)19-7-11-20(12-8-19)26-23(28)16-15-22(24(29)30)27-35(32,33)21-13-9-18(10-14-21)17-5-3-2-4-6-17/h2-14,22,27H,15-16H2,1H3,(H,26,28)(H,29,30)/t22-/m0/s1. The van der Waals surface area contributed by atoms with Gasteiger partial charge in [0, 0.05) is 12.1 Å². The van der Waals surface area contributed by atoms with Crippen molar-refractivity contribution in [3.8, 4) is 11.1 Å². The van der Waals surface area contributed by atoms with Gasteiger partial charge < -0.3 is 15.2 Å². The summed E-state index contributed by atoms with van der Waals surface area (Å²) in [6.45, 7) is 0. The maximum Gasteiger partial charge on any atom is 0.337 e. The number of amides is 1. The summed E-state index contributed by atoms with van der Waals surface area (Å²) < 4.78 is 32.2. The molecular formula is C25H24N2O7S. The van der Waals surface area contributed by atoms with Crippen LogP contribution < -0.4 is 10.0 Å². The predicted octanol–water partition coefficient (Wildman–Crippen LogP) is 3.29. The Morgan fingerprint density at radius 2 is 1.49 bits per heavy atom. The summed E-state index contributed by atoms with van der Waals surface area (Å²) in [5.41, 5.74) is 2.44. The third-order valence-corrected chi connectivity index (χ3v) is 6.60. The summed E-state index contributed by atoms with van der Waals surface area (Å²) in [5.74, 6) is -2.42. The first-order valence-corrected chi connectivity index (χ1v) is 12.1. The second-order valence-electron chi connectivity index (χ2n) is 7.56. The molecule has 35 heavy (non-hydrogen) atoms. The molecular weight excluding hydrogens is 472 g/mol. The first-order chi connectivity index (χ1) is 16.7. The van der Waals surface area contributed by atoms with Gasteiger partial charge in [0.15, 0.2) is 0 Å². The Bertz CT molecular complexity index is 1290. The molecule has 0 aliphatic heterocycles.